The summed E-state index contributed by atoms with van der Waals surface area (Å²) in [6, 6.07) is 0. The number of carbonyl (C=O) groups is 1. The third kappa shape index (κ3) is 2.81. The molecule has 1 heterocycles. The summed E-state index contributed by atoms with van der Waals surface area (Å²) in [5.74, 6) is -0.263. The number of hydrogen-bond donors (Lipinski definition) is 0. The van der Waals surface area contributed by atoms with Crippen molar-refractivity contribution >= 4 is 5.97 Å². The highest BCUT2D eigenvalue weighted by molar-refractivity contribution is 5.90. The van der Waals surface area contributed by atoms with E-state index in [1.165, 1.54) is 0 Å². The molecule has 0 aliphatic carbocycles. The standard InChI is InChI=1S/C11H18N2O2/c1-4-7-10-9(11(14)15-6-3)8-13(5-2)12-10/h8H,4-7H2,1-3H3. The van der Waals surface area contributed by atoms with Crippen LogP contribution in [0.25, 0.3) is 0 Å². The van der Waals surface area contributed by atoms with Crippen LogP contribution < -0.4 is 0 Å². The Bertz CT molecular complexity index is 331. The number of nitrogens with zero attached hydrogens (tertiary/aromatic N) is 2. The van der Waals surface area contributed by atoms with E-state index in [9.17, 15) is 4.79 Å². The van der Waals surface area contributed by atoms with E-state index in [0.29, 0.717) is 12.2 Å². The summed E-state index contributed by atoms with van der Waals surface area (Å²) in [5.41, 5.74) is 1.46. The fourth-order valence-electron chi connectivity index (χ4n) is 1.42. The van der Waals surface area contributed by atoms with Gasteiger partial charge in [0.25, 0.3) is 0 Å². The van der Waals surface area contributed by atoms with Crippen molar-refractivity contribution in [2.24, 2.45) is 0 Å². The number of aromatic nitrogens is 2. The summed E-state index contributed by atoms with van der Waals surface area (Å²) in [6.07, 6.45) is 3.57. The molecule has 15 heavy (non-hydrogen) atoms. The second kappa shape index (κ2) is 5.53. The van der Waals surface area contributed by atoms with E-state index < -0.39 is 0 Å². The van der Waals surface area contributed by atoms with Gasteiger partial charge in [-0.05, 0) is 20.3 Å². The van der Waals surface area contributed by atoms with Crippen LogP contribution in [0.5, 0.6) is 0 Å². The van der Waals surface area contributed by atoms with Crippen molar-refractivity contribution in [2.75, 3.05) is 6.61 Å². The Morgan fingerprint density at radius 2 is 2.20 bits per heavy atom. The normalized spacial score (nSPS) is 10.3. The molecule has 1 aromatic heterocycles. The summed E-state index contributed by atoms with van der Waals surface area (Å²) >= 11 is 0. The number of aryl methyl sites for hydroxylation is 2. The maximum atomic E-state index is 11.6. The Morgan fingerprint density at radius 1 is 1.47 bits per heavy atom. The first-order valence-corrected chi connectivity index (χ1v) is 5.46. The van der Waals surface area contributed by atoms with E-state index in [2.05, 4.69) is 12.0 Å². The molecule has 0 saturated heterocycles. The fourth-order valence-corrected chi connectivity index (χ4v) is 1.42. The summed E-state index contributed by atoms with van der Waals surface area (Å²) in [6.45, 7) is 7.05. The first-order chi connectivity index (χ1) is 7.22. The lowest BCUT2D eigenvalue weighted by atomic mass is 10.2. The predicted octanol–water partition coefficient (Wildman–Crippen LogP) is 2.03. The molecule has 0 N–H and O–H groups in total. The Morgan fingerprint density at radius 3 is 2.73 bits per heavy atom. The quantitative estimate of drug-likeness (QED) is 0.698. The maximum Gasteiger partial charge on any atom is 0.341 e. The molecule has 0 aliphatic heterocycles. The summed E-state index contributed by atoms with van der Waals surface area (Å²) in [4.78, 5) is 11.6. The monoisotopic (exact) mass is 210 g/mol. The Kier molecular flexibility index (Phi) is 4.34. The maximum absolute atomic E-state index is 11.6. The zero-order valence-corrected chi connectivity index (χ0v) is 9.62. The molecule has 0 amide bonds. The number of ether oxygens (including phenoxy) is 1. The highest BCUT2D eigenvalue weighted by atomic mass is 16.5. The smallest absolute Gasteiger partial charge is 0.341 e. The van der Waals surface area contributed by atoms with Crippen molar-refractivity contribution < 1.29 is 9.53 Å². The molecule has 4 nitrogen and oxygen atoms in total. The zero-order valence-electron chi connectivity index (χ0n) is 9.62. The number of esters is 1. The van der Waals surface area contributed by atoms with Crippen molar-refractivity contribution in [3.63, 3.8) is 0 Å². The van der Waals surface area contributed by atoms with Crippen LogP contribution in [0.4, 0.5) is 0 Å². The molecule has 0 radical (unpaired) electrons. The van der Waals surface area contributed by atoms with Crippen LogP contribution in [0.15, 0.2) is 6.20 Å². The zero-order chi connectivity index (χ0) is 11.3. The van der Waals surface area contributed by atoms with Crippen LogP contribution in [0.3, 0.4) is 0 Å². The Balaban J connectivity index is 2.92. The van der Waals surface area contributed by atoms with Crippen LogP contribution in [0, 0.1) is 0 Å². The number of hydrogen-bond acceptors (Lipinski definition) is 3. The van der Waals surface area contributed by atoms with Gasteiger partial charge in [-0.25, -0.2) is 4.79 Å². The summed E-state index contributed by atoms with van der Waals surface area (Å²) in [5, 5.41) is 4.34. The molecule has 84 valence electrons. The average molecular weight is 210 g/mol. The van der Waals surface area contributed by atoms with Crippen molar-refractivity contribution in [1.82, 2.24) is 9.78 Å². The molecule has 0 bridgehead atoms. The lowest BCUT2D eigenvalue weighted by Crippen LogP contribution is -2.06. The minimum atomic E-state index is -0.263. The van der Waals surface area contributed by atoms with E-state index in [1.54, 1.807) is 10.9 Å². The van der Waals surface area contributed by atoms with Gasteiger partial charge < -0.3 is 4.74 Å². The summed E-state index contributed by atoms with van der Waals surface area (Å²) < 4.78 is 6.76. The van der Waals surface area contributed by atoms with E-state index in [4.69, 9.17) is 4.74 Å². The molecule has 0 aromatic carbocycles. The average Bonchev–Trinajstić information content (AvgIpc) is 2.62. The van der Waals surface area contributed by atoms with Crippen molar-refractivity contribution in [3.05, 3.63) is 17.5 Å². The van der Waals surface area contributed by atoms with Crippen molar-refractivity contribution in [3.8, 4) is 0 Å². The van der Waals surface area contributed by atoms with Gasteiger partial charge in [-0.1, -0.05) is 13.3 Å². The van der Waals surface area contributed by atoms with Crippen LogP contribution in [-0.2, 0) is 17.7 Å². The summed E-state index contributed by atoms with van der Waals surface area (Å²) in [7, 11) is 0. The topological polar surface area (TPSA) is 44.1 Å². The van der Waals surface area contributed by atoms with Gasteiger partial charge in [0.1, 0.15) is 5.56 Å². The molecule has 0 unspecified atom stereocenters. The molecule has 0 aliphatic rings. The fraction of sp³-hybridized carbons (Fsp3) is 0.636. The Hall–Kier alpha value is -1.32. The van der Waals surface area contributed by atoms with E-state index in [0.717, 1.165) is 25.1 Å². The molecule has 0 atom stereocenters. The van der Waals surface area contributed by atoms with Crippen molar-refractivity contribution in [1.29, 1.82) is 0 Å². The Labute approximate surface area is 90.2 Å². The molecular weight excluding hydrogens is 192 g/mol. The third-order valence-corrected chi connectivity index (χ3v) is 2.14. The minimum absolute atomic E-state index is 0.263. The van der Waals surface area contributed by atoms with Crippen LogP contribution in [-0.4, -0.2) is 22.4 Å². The highest BCUT2D eigenvalue weighted by Crippen LogP contribution is 2.11. The first-order valence-electron chi connectivity index (χ1n) is 5.46. The lowest BCUT2D eigenvalue weighted by Gasteiger charge is -2.00. The lowest BCUT2D eigenvalue weighted by molar-refractivity contribution is 0.0525. The largest absolute Gasteiger partial charge is 0.462 e. The molecule has 0 spiro atoms. The minimum Gasteiger partial charge on any atom is -0.462 e. The highest BCUT2D eigenvalue weighted by Gasteiger charge is 2.16. The van der Waals surface area contributed by atoms with E-state index >= 15 is 0 Å². The van der Waals surface area contributed by atoms with Crippen LogP contribution in [0.2, 0.25) is 0 Å². The van der Waals surface area contributed by atoms with Gasteiger partial charge in [0.2, 0.25) is 0 Å². The van der Waals surface area contributed by atoms with E-state index in [-0.39, 0.29) is 5.97 Å². The molecule has 1 aromatic rings. The van der Waals surface area contributed by atoms with Gasteiger partial charge in [-0.2, -0.15) is 5.10 Å². The SMILES string of the molecule is CCCc1nn(CC)cc1C(=O)OCC. The van der Waals surface area contributed by atoms with Gasteiger partial charge in [0.05, 0.1) is 12.3 Å². The van der Waals surface area contributed by atoms with Gasteiger partial charge in [0, 0.05) is 12.7 Å². The van der Waals surface area contributed by atoms with E-state index in [1.807, 2.05) is 13.8 Å². The predicted molar refractivity (Wildman–Crippen MR) is 57.9 cm³/mol. The second-order valence-corrected chi connectivity index (χ2v) is 3.32. The first kappa shape index (κ1) is 11.8. The third-order valence-electron chi connectivity index (χ3n) is 2.14. The molecule has 0 fully saturated rings. The number of rotatable bonds is 5. The van der Waals surface area contributed by atoms with Gasteiger partial charge in [0.15, 0.2) is 0 Å². The van der Waals surface area contributed by atoms with Gasteiger partial charge in [-0.3, -0.25) is 4.68 Å². The molecule has 0 saturated carbocycles. The van der Waals surface area contributed by atoms with Gasteiger partial charge in [-0.15, -0.1) is 0 Å². The second-order valence-electron chi connectivity index (χ2n) is 3.32. The molecule has 4 heteroatoms. The molecular formula is C11H18N2O2. The van der Waals surface area contributed by atoms with Crippen LogP contribution >= 0.6 is 0 Å². The van der Waals surface area contributed by atoms with Crippen LogP contribution in [0.1, 0.15) is 43.2 Å². The molecule has 1 rings (SSSR count). The van der Waals surface area contributed by atoms with Gasteiger partial charge >= 0.3 is 5.97 Å². The van der Waals surface area contributed by atoms with Crippen molar-refractivity contribution in [2.45, 2.75) is 40.2 Å². The number of carbonyl (C=O) groups excluding carboxylic acids is 1.